The summed E-state index contributed by atoms with van der Waals surface area (Å²) in [6.07, 6.45) is 11.5. The van der Waals surface area contributed by atoms with Crippen molar-refractivity contribution < 1.29 is 29.0 Å². The Labute approximate surface area is 238 Å². The lowest BCUT2D eigenvalue weighted by Gasteiger charge is -2.21. The molecule has 8 nitrogen and oxygen atoms in total. The molecule has 40 heavy (non-hydrogen) atoms. The summed E-state index contributed by atoms with van der Waals surface area (Å²) in [4.78, 5) is 43.0. The lowest BCUT2D eigenvalue weighted by atomic mass is 10.1. The van der Waals surface area contributed by atoms with Crippen molar-refractivity contribution in [2.75, 3.05) is 19.6 Å². The fraction of sp³-hybridized carbons (Fsp3) is 0.438. The van der Waals surface area contributed by atoms with Crippen LogP contribution in [-0.4, -0.2) is 59.1 Å². The molecule has 0 aliphatic heterocycles. The van der Waals surface area contributed by atoms with Gasteiger partial charge >= 0.3 is 11.9 Å². The number of aldehydes is 1. The van der Waals surface area contributed by atoms with Gasteiger partial charge in [-0.15, -0.1) is 0 Å². The number of ether oxygens (including phenoxy) is 1. The fourth-order valence-electron chi connectivity index (χ4n) is 4.25. The Morgan fingerprint density at radius 2 is 1.57 bits per heavy atom. The maximum absolute atomic E-state index is 11.2. The lowest BCUT2D eigenvalue weighted by molar-refractivity contribution is -0.158. The van der Waals surface area contributed by atoms with E-state index in [1.165, 1.54) is 50.9 Å². The minimum Gasteiger partial charge on any atom is -0.473 e. The van der Waals surface area contributed by atoms with Gasteiger partial charge in [0.2, 0.25) is 5.88 Å². The van der Waals surface area contributed by atoms with Gasteiger partial charge in [0, 0.05) is 22.8 Å². The first-order chi connectivity index (χ1) is 19.4. The van der Waals surface area contributed by atoms with Gasteiger partial charge in [-0.2, -0.15) is 0 Å². The van der Waals surface area contributed by atoms with E-state index in [1.54, 1.807) is 16.7 Å². The van der Waals surface area contributed by atoms with Gasteiger partial charge in [-0.3, -0.25) is 9.20 Å². The molecule has 0 bridgehead atoms. The normalized spacial score (nSPS) is 10.3. The van der Waals surface area contributed by atoms with Gasteiger partial charge in [0.15, 0.2) is 0 Å². The molecule has 0 aliphatic rings. The molecule has 0 saturated carbocycles. The molecule has 0 unspecified atom stereocenters. The van der Waals surface area contributed by atoms with E-state index in [4.69, 9.17) is 14.6 Å². The maximum atomic E-state index is 11.2. The molecule has 218 valence electrons. The van der Waals surface area contributed by atoms with Gasteiger partial charge in [0.1, 0.15) is 13.1 Å². The van der Waals surface area contributed by atoms with E-state index < -0.39 is 11.9 Å². The van der Waals surface area contributed by atoms with E-state index in [2.05, 4.69) is 37.8 Å². The standard InChI is InChI=1S/C17H27NO.C14H15NO4.CH2O/c1-3-5-13-18(12-4-2)14-6-7-16-8-10-17(15-19)11-9-16;1-2-3-6-10-9-11-7-4-5-8-15(11)12(10)19-14(18)13(16)17;1-2/h8-11,15H,3-7,12-14H2,1-2H3;4-5,7-9H,2-3,6H2,1H3,(H,16,17);1H2. The van der Waals surface area contributed by atoms with Crippen LogP contribution in [0.5, 0.6) is 5.88 Å². The van der Waals surface area contributed by atoms with Crippen LogP contribution in [0.15, 0.2) is 54.7 Å². The zero-order valence-corrected chi connectivity index (χ0v) is 24.1. The summed E-state index contributed by atoms with van der Waals surface area (Å²) < 4.78 is 6.67. The first-order valence-electron chi connectivity index (χ1n) is 14.0. The smallest absolute Gasteiger partial charge is 0.423 e. The molecule has 2 aromatic heterocycles. The highest BCUT2D eigenvalue weighted by Gasteiger charge is 2.19. The molecule has 0 fully saturated rings. The van der Waals surface area contributed by atoms with E-state index >= 15 is 0 Å². The number of esters is 1. The fourth-order valence-corrected chi connectivity index (χ4v) is 4.25. The quantitative estimate of drug-likeness (QED) is 0.148. The predicted molar refractivity (Wildman–Crippen MR) is 158 cm³/mol. The van der Waals surface area contributed by atoms with E-state index in [0.29, 0.717) is 5.88 Å². The summed E-state index contributed by atoms with van der Waals surface area (Å²) in [5.74, 6) is -2.55. The van der Waals surface area contributed by atoms with Crippen molar-refractivity contribution in [2.24, 2.45) is 0 Å². The number of rotatable bonds is 14. The third-order valence-corrected chi connectivity index (χ3v) is 6.29. The number of aryl methyl sites for hydroxylation is 2. The van der Waals surface area contributed by atoms with Crippen molar-refractivity contribution in [1.29, 1.82) is 0 Å². The average Bonchev–Trinajstić information content (AvgIpc) is 3.33. The summed E-state index contributed by atoms with van der Waals surface area (Å²) in [5, 5.41) is 8.64. The van der Waals surface area contributed by atoms with Gasteiger partial charge < -0.3 is 19.5 Å². The highest BCUT2D eigenvalue weighted by Crippen LogP contribution is 2.26. The molecule has 0 amide bonds. The molecular weight excluding hydrogens is 508 g/mol. The van der Waals surface area contributed by atoms with Gasteiger partial charge in [0.25, 0.3) is 0 Å². The van der Waals surface area contributed by atoms with Crippen molar-refractivity contribution in [2.45, 2.75) is 72.1 Å². The van der Waals surface area contributed by atoms with Gasteiger partial charge in [-0.05, 0) is 81.9 Å². The highest BCUT2D eigenvalue weighted by molar-refractivity contribution is 6.29. The molecule has 8 heteroatoms. The number of hydrogen-bond donors (Lipinski definition) is 1. The van der Waals surface area contributed by atoms with Crippen LogP contribution < -0.4 is 4.74 Å². The van der Waals surface area contributed by atoms with Crippen LogP contribution in [0.2, 0.25) is 0 Å². The Morgan fingerprint density at radius 1 is 0.900 bits per heavy atom. The number of pyridine rings is 1. The predicted octanol–water partition coefficient (Wildman–Crippen LogP) is 6.03. The van der Waals surface area contributed by atoms with E-state index in [1.807, 2.05) is 37.1 Å². The Morgan fingerprint density at radius 3 is 2.17 bits per heavy atom. The zero-order valence-electron chi connectivity index (χ0n) is 24.1. The van der Waals surface area contributed by atoms with Crippen LogP contribution in [-0.2, 0) is 27.2 Å². The molecule has 1 N–H and O–H groups in total. The van der Waals surface area contributed by atoms with E-state index in [-0.39, 0.29) is 0 Å². The lowest BCUT2D eigenvalue weighted by Crippen LogP contribution is -2.27. The Hall–Kier alpha value is -3.78. The summed E-state index contributed by atoms with van der Waals surface area (Å²) in [7, 11) is 0. The molecule has 3 aromatic rings. The van der Waals surface area contributed by atoms with E-state index in [0.717, 1.165) is 48.6 Å². The number of carboxylic acid groups (broad SMARTS) is 1. The highest BCUT2D eigenvalue weighted by atomic mass is 16.6. The SMILES string of the molecule is C=O.CCCCN(CCC)CCCc1ccc(C=O)cc1.CCCCc1cc2ccccn2c1OC(=O)C(=O)O. The minimum absolute atomic E-state index is 0.302. The number of carbonyl (C=O) groups is 4. The van der Waals surface area contributed by atoms with Crippen molar-refractivity contribution >= 4 is 30.5 Å². The third-order valence-electron chi connectivity index (χ3n) is 6.29. The number of unbranched alkanes of at least 4 members (excludes halogenated alkanes) is 2. The zero-order chi connectivity index (χ0) is 29.8. The second kappa shape index (κ2) is 20.2. The largest absolute Gasteiger partial charge is 0.473 e. The summed E-state index contributed by atoms with van der Waals surface area (Å²) in [6, 6.07) is 15.4. The number of fused-ring (bicyclic) bond motifs is 1. The van der Waals surface area contributed by atoms with Gasteiger partial charge in [-0.25, -0.2) is 9.59 Å². The number of aliphatic carboxylic acids is 1. The summed E-state index contributed by atoms with van der Waals surface area (Å²) in [5.41, 5.74) is 3.82. The minimum atomic E-state index is -1.59. The van der Waals surface area contributed by atoms with Crippen LogP contribution in [0, 0.1) is 0 Å². The number of benzene rings is 1. The van der Waals surface area contributed by atoms with Crippen LogP contribution in [0.25, 0.3) is 5.52 Å². The van der Waals surface area contributed by atoms with Crippen molar-refractivity contribution in [3.05, 3.63) is 71.4 Å². The number of aromatic nitrogens is 1. The number of carboxylic acids is 1. The van der Waals surface area contributed by atoms with Crippen molar-refractivity contribution in [3.63, 3.8) is 0 Å². The van der Waals surface area contributed by atoms with Crippen LogP contribution in [0.1, 0.15) is 80.8 Å². The molecule has 1 aromatic carbocycles. The second-order valence-corrected chi connectivity index (χ2v) is 9.43. The monoisotopic (exact) mass is 552 g/mol. The average molecular weight is 553 g/mol. The van der Waals surface area contributed by atoms with Crippen LogP contribution in [0.4, 0.5) is 0 Å². The second-order valence-electron chi connectivity index (χ2n) is 9.43. The Kier molecular flexibility index (Phi) is 17.3. The molecule has 3 rings (SSSR count). The molecule has 0 radical (unpaired) electrons. The molecule has 0 saturated heterocycles. The van der Waals surface area contributed by atoms with Crippen LogP contribution >= 0.6 is 0 Å². The number of nitrogens with zero attached hydrogens (tertiary/aromatic N) is 2. The molecule has 2 heterocycles. The number of hydrogen-bond acceptors (Lipinski definition) is 6. The maximum Gasteiger partial charge on any atom is 0.423 e. The third kappa shape index (κ3) is 11.9. The molecular formula is C32H44N2O6. The topological polar surface area (TPSA) is 105 Å². The van der Waals surface area contributed by atoms with Crippen molar-refractivity contribution in [3.8, 4) is 5.88 Å². The summed E-state index contributed by atoms with van der Waals surface area (Å²) >= 11 is 0. The van der Waals surface area contributed by atoms with Gasteiger partial charge in [0.05, 0.1) is 0 Å². The van der Waals surface area contributed by atoms with Gasteiger partial charge in [-0.1, -0.05) is 63.9 Å². The number of carbonyl (C=O) groups excluding carboxylic acids is 3. The van der Waals surface area contributed by atoms with Crippen molar-refractivity contribution in [1.82, 2.24) is 9.30 Å². The Bertz CT molecular complexity index is 1160. The Balaban J connectivity index is 0.000000377. The molecule has 0 atom stereocenters. The van der Waals surface area contributed by atoms with Crippen LogP contribution in [0.3, 0.4) is 0 Å². The summed E-state index contributed by atoms with van der Waals surface area (Å²) in [6.45, 7) is 12.2. The van der Waals surface area contributed by atoms with E-state index in [9.17, 15) is 14.4 Å². The molecule has 0 aliphatic carbocycles. The first-order valence-corrected chi connectivity index (χ1v) is 14.0. The molecule has 0 spiro atoms. The first kappa shape index (κ1) is 34.2.